The molecule has 20 aromatic rings. The monoisotopic (exact) mass is 1530 g/mol. The van der Waals surface area contributed by atoms with Crippen molar-refractivity contribution in [3.05, 3.63) is 451 Å². The van der Waals surface area contributed by atoms with Gasteiger partial charge in [0.1, 0.15) is 0 Å². The summed E-state index contributed by atoms with van der Waals surface area (Å²) in [6, 6.07) is 128. The fourth-order valence-electron chi connectivity index (χ4n) is 15.3. The molecule has 0 saturated heterocycles. The van der Waals surface area contributed by atoms with E-state index in [4.69, 9.17) is 19.9 Å². The van der Waals surface area contributed by atoms with E-state index in [1.165, 1.54) is 0 Å². The van der Waals surface area contributed by atoms with Crippen molar-refractivity contribution in [3.63, 3.8) is 0 Å². The lowest BCUT2D eigenvalue weighted by atomic mass is 9.94. The second-order valence-electron chi connectivity index (χ2n) is 29.4. The van der Waals surface area contributed by atoms with E-state index in [-0.39, 0.29) is 0 Å². The van der Waals surface area contributed by atoms with Gasteiger partial charge in [0.05, 0.1) is 34.2 Å². The van der Waals surface area contributed by atoms with Crippen LogP contribution in [-0.2, 0) is 0 Å². The van der Waals surface area contributed by atoms with Crippen LogP contribution in [-0.4, -0.2) is 49.8 Å². The molecule has 0 atom stereocenters. The summed E-state index contributed by atoms with van der Waals surface area (Å²) in [5.74, 6) is 0. The van der Waals surface area contributed by atoms with Crippen molar-refractivity contribution in [2.75, 3.05) is 0 Å². The molecule has 0 amide bonds. The lowest BCUT2D eigenvalue weighted by molar-refractivity contribution is 1.31. The quantitative estimate of drug-likeness (QED) is 0.0819. The molecule has 564 valence electrons. The van der Waals surface area contributed by atoms with Gasteiger partial charge in [0.15, 0.2) is 0 Å². The van der Waals surface area contributed by atoms with E-state index in [9.17, 15) is 0 Å². The molecule has 0 N–H and O–H groups in total. The molecule has 10 aromatic heterocycles. The number of nitrogens with zero attached hydrogens (tertiary/aromatic N) is 10. The molecule has 0 bridgehead atoms. The zero-order valence-corrected chi connectivity index (χ0v) is 65.2. The minimum Gasteiger partial charge on any atom is -0.264 e. The molecule has 0 aliphatic rings. The molecule has 0 unspecified atom stereocenters. The van der Waals surface area contributed by atoms with E-state index < -0.39 is 0 Å². The second-order valence-corrected chi connectivity index (χ2v) is 29.4. The number of aromatic nitrogens is 10. The molecule has 0 fully saturated rings. The third-order valence-corrected chi connectivity index (χ3v) is 21.5. The van der Waals surface area contributed by atoms with E-state index >= 15 is 0 Å². The smallest absolute Gasteiger partial charge is 0.0715 e. The molecule has 0 spiro atoms. The minimum atomic E-state index is 0.876. The molecule has 120 heavy (non-hydrogen) atoms. The highest BCUT2D eigenvalue weighted by Gasteiger charge is 2.18. The molecule has 0 aliphatic carbocycles. The van der Waals surface area contributed by atoms with E-state index in [1.807, 2.05) is 86.0 Å². The molecule has 10 heterocycles. The molecule has 0 radical (unpaired) electrons. The van der Waals surface area contributed by atoms with Crippen molar-refractivity contribution in [2.24, 2.45) is 0 Å². The number of hydrogen-bond donors (Lipinski definition) is 0. The maximum atomic E-state index is 5.36. The second kappa shape index (κ2) is 34.4. The van der Waals surface area contributed by atoms with Crippen LogP contribution in [0.3, 0.4) is 0 Å². The van der Waals surface area contributed by atoms with Gasteiger partial charge in [0.25, 0.3) is 0 Å². The van der Waals surface area contributed by atoms with Crippen molar-refractivity contribution in [3.8, 4) is 201 Å². The van der Waals surface area contributed by atoms with E-state index in [0.717, 1.165) is 201 Å². The topological polar surface area (TPSA) is 129 Å². The van der Waals surface area contributed by atoms with Gasteiger partial charge in [-0.3, -0.25) is 34.9 Å². The number of pyridine rings is 10. The van der Waals surface area contributed by atoms with Gasteiger partial charge in [0, 0.05) is 165 Å². The van der Waals surface area contributed by atoms with Gasteiger partial charge in [-0.2, -0.15) is 0 Å². The van der Waals surface area contributed by atoms with Crippen LogP contribution in [0.4, 0.5) is 0 Å². The van der Waals surface area contributed by atoms with E-state index in [0.29, 0.717) is 0 Å². The lowest BCUT2D eigenvalue weighted by Crippen LogP contribution is -1.93. The Bertz CT molecular complexity index is 6300. The summed E-state index contributed by atoms with van der Waals surface area (Å²) in [7, 11) is 0. The lowest BCUT2D eigenvalue weighted by Gasteiger charge is -2.14. The number of hydrogen-bond acceptors (Lipinski definition) is 10. The Morgan fingerprint density at radius 3 is 0.475 bits per heavy atom. The highest BCUT2D eigenvalue weighted by Crippen LogP contribution is 2.41. The summed E-state index contributed by atoms with van der Waals surface area (Å²) in [6.45, 7) is 0. The molecular formula is C110H74N10. The van der Waals surface area contributed by atoms with Crippen molar-refractivity contribution in [1.29, 1.82) is 0 Å². The fraction of sp³-hybridized carbons (Fsp3) is 0. The van der Waals surface area contributed by atoms with Gasteiger partial charge in [-0.05, 0) is 222 Å². The Morgan fingerprint density at radius 1 is 0.100 bits per heavy atom. The summed E-state index contributed by atoms with van der Waals surface area (Å²) in [5, 5.41) is 0. The van der Waals surface area contributed by atoms with Gasteiger partial charge in [-0.25, -0.2) is 15.0 Å². The van der Waals surface area contributed by atoms with Crippen LogP contribution in [0.25, 0.3) is 201 Å². The van der Waals surface area contributed by atoms with E-state index in [1.54, 1.807) is 37.2 Å². The average Bonchev–Trinajstić information content (AvgIpc) is 0.794. The highest BCUT2D eigenvalue weighted by atomic mass is 14.7. The fourth-order valence-corrected chi connectivity index (χ4v) is 15.3. The van der Waals surface area contributed by atoms with Crippen LogP contribution < -0.4 is 0 Å². The van der Waals surface area contributed by atoms with Crippen LogP contribution in [0.2, 0.25) is 0 Å². The Hall–Kier alpha value is -16.3. The van der Waals surface area contributed by atoms with Crippen molar-refractivity contribution < 1.29 is 0 Å². The van der Waals surface area contributed by atoms with Gasteiger partial charge < -0.3 is 0 Å². The first-order chi connectivity index (χ1) is 59.4. The Kier molecular flexibility index (Phi) is 21.2. The predicted octanol–water partition coefficient (Wildman–Crippen LogP) is 27.3. The zero-order chi connectivity index (χ0) is 80.2. The first-order valence-electron chi connectivity index (χ1n) is 39.8. The SMILES string of the molecule is c1ccc(-c2cccc(-c3cc(-c4cccc(-c5cncc(-c6cccc(-c7cc(-c8cccc(-c9cccnc9)c8)nc(-c8cccc(-c9cccnc9)c8)c7)c6)c5)c4)cc(-c4cccc(-c5cccnc5)c4)n3)c2)cc1.c1cncc(-c2cccc(-c3cc(-c4cccc(-c5cccnc5)c4)nc(-c4cccc(-c5cccnc5)c4)c3)c2)c1. The Labute approximate surface area is 697 Å². The maximum absolute atomic E-state index is 5.36. The third kappa shape index (κ3) is 16.8. The summed E-state index contributed by atoms with van der Waals surface area (Å²) in [5.41, 5.74) is 37.5. The summed E-state index contributed by atoms with van der Waals surface area (Å²) in [6.07, 6.45) is 26.1. The molecular weight excluding hydrogens is 1460 g/mol. The van der Waals surface area contributed by atoms with Crippen molar-refractivity contribution >= 4 is 0 Å². The Balaban J connectivity index is 0.000000190. The summed E-state index contributed by atoms with van der Waals surface area (Å²) < 4.78 is 0. The van der Waals surface area contributed by atoms with Crippen molar-refractivity contribution in [2.45, 2.75) is 0 Å². The predicted molar refractivity (Wildman–Crippen MR) is 489 cm³/mol. The summed E-state index contributed by atoms with van der Waals surface area (Å²) in [4.78, 5) is 46.9. The van der Waals surface area contributed by atoms with Gasteiger partial charge >= 0.3 is 0 Å². The average molecular weight is 1540 g/mol. The molecule has 0 saturated carbocycles. The molecule has 10 heteroatoms. The van der Waals surface area contributed by atoms with Crippen LogP contribution >= 0.6 is 0 Å². The number of benzene rings is 10. The van der Waals surface area contributed by atoms with Crippen LogP contribution in [0.5, 0.6) is 0 Å². The van der Waals surface area contributed by atoms with E-state index in [2.05, 4.69) is 357 Å². The molecule has 10 aromatic carbocycles. The first kappa shape index (κ1) is 73.8. The zero-order valence-electron chi connectivity index (χ0n) is 65.2. The molecule has 20 rings (SSSR count). The van der Waals surface area contributed by atoms with Crippen molar-refractivity contribution in [1.82, 2.24) is 49.8 Å². The standard InChI is InChI=1S/C72H48N6.C38H26N4/c1-2-13-49(14-3-1)50-15-6-23-58(35-50)69-40-65(41-70(77-69)59-24-7-16-51(36-59)62-27-10-30-73-44-62)54-19-4-21-56(33-54)67-39-68(48-76-47-67)57-22-5-20-55(34-57)66-42-71(60-25-8-17-52(37-60)63-28-11-31-74-45-63)78-72(43-66)61-26-9-18-53(38-61)64-29-12-32-75-46-64;1-7-27(33-13-4-16-39-24-33)19-30(10-1)36-22-37(31-11-2-8-28(20-31)34-14-5-17-40-25-34)42-38(23-36)32-12-3-9-29(21-32)35-15-6-18-41-26-35/h1-48H;1-26H. The molecule has 0 aliphatic heterocycles. The summed E-state index contributed by atoms with van der Waals surface area (Å²) >= 11 is 0. The minimum absolute atomic E-state index is 0.876. The Morgan fingerprint density at radius 2 is 0.258 bits per heavy atom. The normalized spacial score (nSPS) is 11.0. The maximum Gasteiger partial charge on any atom is 0.0715 e. The first-order valence-corrected chi connectivity index (χ1v) is 39.8. The molecule has 10 nitrogen and oxygen atoms in total. The largest absolute Gasteiger partial charge is 0.264 e. The van der Waals surface area contributed by atoms with Gasteiger partial charge in [-0.1, -0.05) is 231 Å². The van der Waals surface area contributed by atoms with Crippen LogP contribution in [0, 0.1) is 0 Å². The van der Waals surface area contributed by atoms with Crippen LogP contribution in [0.1, 0.15) is 0 Å². The highest BCUT2D eigenvalue weighted by molar-refractivity contribution is 5.88. The van der Waals surface area contributed by atoms with Gasteiger partial charge in [0.2, 0.25) is 0 Å². The third-order valence-electron chi connectivity index (χ3n) is 21.5. The van der Waals surface area contributed by atoms with Gasteiger partial charge in [-0.15, -0.1) is 0 Å². The number of rotatable bonds is 18. The van der Waals surface area contributed by atoms with Crippen LogP contribution in [0.15, 0.2) is 451 Å².